The molecule has 78 valence electrons. The summed E-state index contributed by atoms with van der Waals surface area (Å²) in [4.78, 5) is 2.61. The van der Waals surface area contributed by atoms with E-state index in [1.807, 2.05) is 0 Å². The molecule has 0 aromatic carbocycles. The number of hydrogen-bond donors (Lipinski definition) is 0. The first-order chi connectivity index (χ1) is 6.33. The first kappa shape index (κ1) is 11.3. The fourth-order valence-electron chi connectivity index (χ4n) is 1.92. The smallest absolute Gasteiger partial charge is 0.0225 e. The minimum absolute atomic E-state index is 0.805. The zero-order valence-corrected chi connectivity index (χ0v) is 9.52. The molecule has 1 nitrogen and oxygen atoms in total. The molecule has 0 N–H and O–H groups in total. The van der Waals surface area contributed by atoms with Gasteiger partial charge in [0.2, 0.25) is 0 Å². The van der Waals surface area contributed by atoms with Crippen molar-refractivity contribution in [2.45, 2.75) is 39.0 Å². The van der Waals surface area contributed by atoms with E-state index in [-0.39, 0.29) is 0 Å². The van der Waals surface area contributed by atoms with Gasteiger partial charge in [-0.05, 0) is 51.2 Å². The number of halogens is 1. The Bertz CT molecular complexity index is 121. The van der Waals surface area contributed by atoms with Crippen molar-refractivity contribution < 1.29 is 0 Å². The van der Waals surface area contributed by atoms with Crippen LogP contribution in [0, 0.1) is 5.92 Å². The highest BCUT2D eigenvalue weighted by molar-refractivity contribution is 6.17. The van der Waals surface area contributed by atoms with Gasteiger partial charge in [0.25, 0.3) is 0 Å². The monoisotopic (exact) mass is 203 g/mol. The van der Waals surface area contributed by atoms with Gasteiger partial charge in [-0.2, -0.15) is 0 Å². The van der Waals surface area contributed by atoms with Crippen LogP contribution in [-0.4, -0.2) is 30.4 Å². The lowest BCUT2D eigenvalue weighted by Crippen LogP contribution is -2.31. The van der Waals surface area contributed by atoms with Crippen LogP contribution in [0.5, 0.6) is 0 Å². The van der Waals surface area contributed by atoms with Gasteiger partial charge in [-0.15, -0.1) is 11.6 Å². The Kier molecular flexibility index (Phi) is 5.81. The van der Waals surface area contributed by atoms with Crippen LogP contribution in [0.1, 0.15) is 39.0 Å². The van der Waals surface area contributed by atoms with Crippen molar-refractivity contribution in [1.82, 2.24) is 4.90 Å². The van der Waals surface area contributed by atoms with Crippen LogP contribution in [0.25, 0.3) is 0 Å². The second-order valence-electron chi connectivity index (χ2n) is 4.27. The molecular formula is C11H22ClN. The van der Waals surface area contributed by atoms with Gasteiger partial charge in [-0.25, -0.2) is 0 Å². The average molecular weight is 204 g/mol. The highest BCUT2D eigenvalue weighted by Crippen LogP contribution is 2.13. The molecule has 1 aliphatic heterocycles. The fourth-order valence-corrected chi connectivity index (χ4v) is 2.29. The minimum Gasteiger partial charge on any atom is -0.303 e. The Hall–Kier alpha value is 0.250. The van der Waals surface area contributed by atoms with Gasteiger partial charge in [0, 0.05) is 5.88 Å². The molecule has 1 atom stereocenters. The summed E-state index contributed by atoms with van der Waals surface area (Å²) in [7, 11) is 0. The predicted molar refractivity (Wildman–Crippen MR) is 59.4 cm³/mol. The van der Waals surface area contributed by atoms with Crippen LogP contribution in [0.4, 0.5) is 0 Å². The van der Waals surface area contributed by atoms with E-state index < -0.39 is 0 Å². The molecule has 0 aliphatic carbocycles. The van der Waals surface area contributed by atoms with Crippen molar-refractivity contribution >= 4 is 11.6 Å². The Labute approximate surface area is 87.4 Å². The summed E-state index contributed by atoms with van der Waals surface area (Å²) in [5.41, 5.74) is 0. The van der Waals surface area contributed by atoms with Gasteiger partial charge in [0.1, 0.15) is 0 Å². The molecule has 0 aromatic rings. The van der Waals surface area contributed by atoms with Crippen LogP contribution in [-0.2, 0) is 0 Å². The fraction of sp³-hybridized carbons (Fsp3) is 1.00. The summed E-state index contributed by atoms with van der Waals surface area (Å²) in [6.45, 7) is 6.26. The maximum Gasteiger partial charge on any atom is 0.0225 e. The predicted octanol–water partition coefficient (Wildman–Crippen LogP) is 3.13. The Morgan fingerprint density at radius 3 is 2.46 bits per heavy atom. The molecule has 0 aromatic heterocycles. The van der Waals surface area contributed by atoms with Crippen LogP contribution in [0.3, 0.4) is 0 Å². The van der Waals surface area contributed by atoms with Crippen LogP contribution in [0.15, 0.2) is 0 Å². The largest absolute Gasteiger partial charge is 0.303 e. The second-order valence-corrected chi connectivity index (χ2v) is 4.65. The Morgan fingerprint density at radius 2 is 1.85 bits per heavy atom. The second kappa shape index (κ2) is 6.67. The molecule has 0 bridgehead atoms. The third-order valence-electron chi connectivity index (χ3n) is 2.99. The van der Waals surface area contributed by atoms with Crippen molar-refractivity contribution in [1.29, 1.82) is 0 Å². The van der Waals surface area contributed by atoms with Gasteiger partial charge >= 0.3 is 0 Å². The van der Waals surface area contributed by atoms with Crippen molar-refractivity contribution in [3.63, 3.8) is 0 Å². The third-order valence-corrected chi connectivity index (χ3v) is 3.21. The maximum atomic E-state index is 5.70. The molecule has 2 heteroatoms. The first-order valence-corrected chi connectivity index (χ1v) is 6.14. The maximum absolute atomic E-state index is 5.70. The van der Waals surface area contributed by atoms with E-state index in [9.17, 15) is 0 Å². The Morgan fingerprint density at radius 1 is 1.15 bits per heavy atom. The Balaban J connectivity index is 2.03. The molecular weight excluding hydrogens is 182 g/mol. The van der Waals surface area contributed by atoms with E-state index >= 15 is 0 Å². The highest BCUT2D eigenvalue weighted by atomic mass is 35.5. The van der Waals surface area contributed by atoms with Crippen LogP contribution >= 0.6 is 11.6 Å². The lowest BCUT2D eigenvalue weighted by Gasteiger charge is -2.27. The number of piperidine rings is 1. The molecule has 1 heterocycles. The van der Waals surface area contributed by atoms with Crippen molar-refractivity contribution in [2.75, 3.05) is 25.5 Å². The van der Waals surface area contributed by atoms with E-state index in [1.54, 1.807) is 0 Å². The highest BCUT2D eigenvalue weighted by Gasteiger charge is 2.10. The normalized spacial score (nSPS) is 21.7. The van der Waals surface area contributed by atoms with E-state index in [1.165, 1.54) is 51.7 Å². The summed E-state index contributed by atoms with van der Waals surface area (Å²) in [6.07, 6.45) is 6.75. The first-order valence-electron chi connectivity index (χ1n) is 5.61. The van der Waals surface area contributed by atoms with Crippen molar-refractivity contribution in [3.05, 3.63) is 0 Å². The number of rotatable bonds is 5. The molecule has 0 spiro atoms. The van der Waals surface area contributed by atoms with Crippen molar-refractivity contribution in [2.24, 2.45) is 5.92 Å². The summed E-state index contributed by atoms with van der Waals surface area (Å²) in [5.74, 6) is 1.63. The van der Waals surface area contributed by atoms with Gasteiger partial charge in [-0.3, -0.25) is 0 Å². The molecule has 13 heavy (non-hydrogen) atoms. The molecule has 0 amide bonds. The molecule has 1 aliphatic rings. The SMILES string of the molecule is CC(CCCl)CCN1CCCCC1. The topological polar surface area (TPSA) is 3.24 Å². The minimum atomic E-state index is 0.805. The van der Waals surface area contributed by atoms with Gasteiger partial charge in [0.05, 0.1) is 0 Å². The molecule has 1 rings (SSSR count). The number of nitrogens with zero attached hydrogens (tertiary/aromatic N) is 1. The van der Waals surface area contributed by atoms with E-state index in [4.69, 9.17) is 11.6 Å². The van der Waals surface area contributed by atoms with Crippen LogP contribution in [0.2, 0.25) is 0 Å². The van der Waals surface area contributed by atoms with Crippen molar-refractivity contribution in [3.8, 4) is 0 Å². The summed E-state index contributed by atoms with van der Waals surface area (Å²) in [5, 5.41) is 0. The van der Waals surface area contributed by atoms with E-state index in [0.29, 0.717) is 0 Å². The summed E-state index contributed by atoms with van der Waals surface area (Å²) >= 11 is 5.70. The van der Waals surface area contributed by atoms with Crippen LogP contribution < -0.4 is 0 Å². The average Bonchev–Trinajstić information content (AvgIpc) is 2.17. The van der Waals surface area contributed by atoms with E-state index in [0.717, 1.165) is 11.8 Å². The summed E-state index contributed by atoms with van der Waals surface area (Å²) in [6, 6.07) is 0. The van der Waals surface area contributed by atoms with Gasteiger partial charge < -0.3 is 4.90 Å². The number of hydrogen-bond acceptors (Lipinski definition) is 1. The lowest BCUT2D eigenvalue weighted by molar-refractivity contribution is 0.214. The van der Waals surface area contributed by atoms with E-state index in [2.05, 4.69) is 11.8 Å². The molecule has 1 saturated heterocycles. The number of likely N-dealkylation sites (tertiary alicyclic amines) is 1. The molecule has 1 unspecified atom stereocenters. The lowest BCUT2D eigenvalue weighted by atomic mass is 10.0. The molecule has 0 saturated carbocycles. The third kappa shape index (κ3) is 4.87. The molecule has 1 fully saturated rings. The van der Waals surface area contributed by atoms with Gasteiger partial charge in [-0.1, -0.05) is 13.3 Å². The zero-order valence-electron chi connectivity index (χ0n) is 8.77. The standard InChI is InChI=1S/C11H22ClN/c1-11(5-7-12)6-10-13-8-3-2-4-9-13/h11H,2-10H2,1H3. The number of alkyl halides is 1. The zero-order chi connectivity index (χ0) is 9.52. The molecule has 0 radical (unpaired) electrons. The summed E-state index contributed by atoms with van der Waals surface area (Å²) < 4.78 is 0. The quantitative estimate of drug-likeness (QED) is 0.621. The van der Waals surface area contributed by atoms with Gasteiger partial charge in [0.15, 0.2) is 0 Å².